The van der Waals surface area contributed by atoms with E-state index in [1.807, 2.05) is 36.4 Å². The summed E-state index contributed by atoms with van der Waals surface area (Å²) in [7, 11) is -3.68. The molecule has 0 radical (unpaired) electrons. The molecule has 0 saturated carbocycles. The zero-order valence-corrected chi connectivity index (χ0v) is 15.8. The number of rotatable bonds is 5. The van der Waals surface area contributed by atoms with E-state index >= 15 is 0 Å². The number of nitrogens with one attached hydrogen (secondary N) is 1. The quantitative estimate of drug-likeness (QED) is 0.804. The minimum atomic E-state index is -3.68. The number of Topliss-reactive ketones (excluding diaryl/α,β-unsaturated/α-hetero) is 1. The molecule has 138 valence electrons. The largest absolute Gasteiger partial charge is 0.301 e. The van der Waals surface area contributed by atoms with Gasteiger partial charge in [0.05, 0.1) is 5.69 Å². The summed E-state index contributed by atoms with van der Waals surface area (Å²) in [5.74, 6) is -0.168. The van der Waals surface area contributed by atoms with Crippen molar-refractivity contribution >= 4 is 21.7 Å². The third-order valence-corrected chi connectivity index (χ3v) is 6.17. The van der Waals surface area contributed by atoms with Crippen LogP contribution in [-0.4, -0.2) is 31.6 Å². The normalized spacial score (nSPS) is 16.0. The second-order valence-corrected chi connectivity index (χ2v) is 8.27. The first-order valence-electron chi connectivity index (χ1n) is 8.96. The molecule has 1 heterocycles. The average Bonchev–Trinajstić information content (AvgIpc) is 2.92. The van der Waals surface area contributed by atoms with Gasteiger partial charge >= 0.3 is 10.2 Å². The summed E-state index contributed by atoms with van der Waals surface area (Å²) in [6, 6.07) is 15.0. The molecule has 1 aliphatic heterocycles. The Labute approximate surface area is 155 Å². The van der Waals surface area contributed by atoms with E-state index < -0.39 is 10.2 Å². The fourth-order valence-corrected chi connectivity index (χ4v) is 4.55. The molecule has 0 amide bonds. The molecule has 2 aromatic rings. The second-order valence-electron chi connectivity index (χ2n) is 6.60. The lowest BCUT2D eigenvalue weighted by Crippen LogP contribution is -2.36. The first kappa shape index (κ1) is 18.6. The zero-order chi connectivity index (χ0) is 18.6. The Kier molecular flexibility index (Phi) is 5.74. The van der Waals surface area contributed by atoms with E-state index in [2.05, 4.69) is 4.72 Å². The van der Waals surface area contributed by atoms with Crippen molar-refractivity contribution in [1.29, 1.82) is 0 Å². The van der Waals surface area contributed by atoms with Gasteiger partial charge in [-0.1, -0.05) is 49.2 Å². The first-order chi connectivity index (χ1) is 12.5. The number of carbonyl (C=O) groups is 1. The SMILES string of the molecule is CC(=O)c1ccc(-c2ccccc2)cc1NS(=O)(=O)N1CCCCCC1. The molecular weight excluding hydrogens is 348 g/mol. The fraction of sp³-hybridized carbons (Fsp3) is 0.350. The Bertz CT molecular complexity index is 871. The highest BCUT2D eigenvalue weighted by atomic mass is 32.2. The summed E-state index contributed by atoms with van der Waals surface area (Å²) in [5.41, 5.74) is 2.55. The highest BCUT2D eigenvalue weighted by Gasteiger charge is 2.24. The predicted molar refractivity (Wildman–Crippen MR) is 104 cm³/mol. The van der Waals surface area contributed by atoms with Gasteiger partial charge in [-0.05, 0) is 43.0 Å². The van der Waals surface area contributed by atoms with Crippen LogP contribution >= 0.6 is 0 Å². The molecule has 1 N–H and O–H groups in total. The molecule has 1 fully saturated rings. The monoisotopic (exact) mass is 372 g/mol. The van der Waals surface area contributed by atoms with Crippen LogP contribution in [0, 0.1) is 0 Å². The summed E-state index contributed by atoms with van der Waals surface area (Å²) < 4.78 is 29.8. The standard InChI is InChI=1S/C20H24N2O3S/c1-16(23)19-12-11-18(17-9-5-4-6-10-17)15-20(19)21-26(24,25)22-13-7-2-3-8-14-22/h4-6,9-12,15,21H,2-3,7-8,13-14H2,1H3. The van der Waals surface area contributed by atoms with Crippen molar-refractivity contribution in [2.45, 2.75) is 32.6 Å². The Morgan fingerprint density at radius 1 is 0.923 bits per heavy atom. The molecule has 2 aromatic carbocycles. The predicted octanol–water partition coefficient (Wildman–Crippen LogP) is 4.09. The first-order valence-corrected chi connectivity index (χ1v) is 10.4. The van der Waals surface area contributed by atoms with E-state index in [0.717, 1.165) is 36.8 Å². The Balaban J connectivity index is 1.95. The number of hydrogen-bond acceptors (Lipinski definition) is 3. The van der Waals surface area contributed by atoms with Gasteiger partial charge in [0, 0.05) is 18.7 Å². The number of hydrogen-bond donors (Lipinski definition) is 1. The van der Waals surface area contributed by atoms with Crippen LogP contribution in [0.2, 0.25) is 0 Å². The molecule has 0 aliphatic carbocycles. The smallest absolute Gasteiger partial charge is 0.294 e. The second kappa shape index (κ2) is 8.01. The van der Waals surface area contributed by atoms with Crippen LogP contribution in [0.15, 0.2) is 48.5 Å². The lowest BCUT2D eigenvalue weighted by molar-refractivity contribution is 0.101. The number of anilines is 1. The third kappa shape index (κ3) is 4.31. The maximum Gasteiger partial charge on any atom is 0.301 e. The molecule has 0 bridgehead atoms. The molecule has 0 unspecified atom stereocenters. The van der Waals surface area contributed by atoms with Crippen LogP contribution < -0.4 is 4.72 Å². The van der Waals surface area contributed by atoms with E-state index in [1.54, 1.807) is 12.1 Å². The topological polar surface area (TPSA) is 66.5 Å². The van der Waals surface area contributed by atoms with Gasteiger partial charge < -0.3 is 0 Å². The average molecular weight is 372 g/mol. The van der Waals surface area contributed by atoms with E-state index in [-0.39, 0.29) is 5.78 Å². The van der Waals surface area contributed by atoms with Gasteiger partial charge in [0.15, 0.2) is 5.78 Å². The summed E-state index contributed by atoms with van der Waals surface area (Å²) >= 11 is 0. The summed E-state index contributed by atoms with van der Waals surface area (Å²) in [5, 5.41) is 0. The van der Waals surface area contributed by atoms with Crippen LogP contribution in [0.25, 0.3) is 11.1 Å². The molecule has 1 saturated heterocycles. The van der Waals surface area contributed by atoms with E-state index in [1.165, 1.54) is 11.2 Å². The van der Waals surface area contributed by atoms with Crippen LogP contribution in [0.4, 0.5) is 5.69 Å². The molecule has 1 aliphatic rings. The molecule has 5 nitrogen and oxygen atoms in total. The molecule has 0 atom stereocenters. The van der Waals surface area contributed by atoms with Crippen LogP contribution in [-0.2, 0) is 10.2 Å². The van der Waals surface area contributed by atoms with Gasteiger partial charge in [-0.15, -0.1) is 0 Å². The van der Waals surface area contributed by atoms with Crippen molar-refractivity contribution < 1.29 is 13.2 Å². The highest BCUT2D eigenvalue weighted by molar-refractivity contribution is 7.90. The Morgan fingerprint density at radius 2 is 1.58 bits per heavy atom. The lowest BCUT2D eigenvalue weighted by atomic mass is 10.0. The van der Waals surface area contributed by atoms with Crippen molar-refractivity contribution in [1.82, 2.24) is 4.31 Å². The van der Waals surface area contributed by atoms with E-state index in [9.17, 15) is 13.2 Å². The van der Waals surface area contributed by atoms with E-state index in [4.69, 9.17) is 0 Å². The summed E-state index contributed by atoms with van der Waals surface area (Å²) in [4.78, 5) is 12.0. The molecular formula is C20H24N2O3S. The highest BCUT2D eigenvalue weighted by Crippen LogP contribution is 2.27. The summed E-state index contributed by atoms with van der Waals surface area (Å²) in [6.07, 6.45) is 3.83. The number of nitrogens with zero attached hydrogens (tertiary/aromatic N) is 1. The van der Waals surface area contributed by atoms with Gasteiger partial charge in [-0.25, -0.2) is 0 Å². The maximum atomic E-state index is 12.8. The number of ketones is 1. The number of carbonyl (C=O) groups excluding carboxylic acids is 1. The van der Waals surface area contributed by atoms with Crippen molar-refractivity contribution in [3.05, 3.63) is 54.1 Å². The summed E-state index contributed by atoms with van der Waals surface area (Å²) in [6.45, 7) is 2.48. The fourth-order valence-electron chi connectivity index (χ4n) is 3.23. The van der Waals surface area contributed by atoms with Gasteiger partial charge in [-0.3, -0.25) is 9.52 Å². The minimum absolute atomic E-state index is 0.168. The molecule has 0 aromatic heterocycles. The van der Waals surface area contributed by atoms with Crippen molar-refractivity contribution in [3.8, 4) is 11.1 Å². The molecule has 26 heavy (non-hydrogen) atoms. The van der Waals surface area contributed by atoms with Crippen LogP contribution in [0.1, 0.15) is 43.0 Å². The zero-order valence-electron chi connectivity index (χ0n) is 14.9. The maximum absolute atomic E-state index is 12.8. The van der Waals surface area contributed by atoms with Gasteiger partial charge in [0.2, 0.25) is 0 Å². The molecule has 6 heteroatoms. The van der Waals surface area contributed by atoms with Gasteiger partial charge in [-0.2, -0.15) is 12.7 Å². The molecule has 3 rings (SSSR count). The molecule has 0 spiro atoms. The Morgan fingerprint density at radius 3 is 2.19 bits per heavy atom. The van der Waals surface area contributed by atoms with Gasteiger partial charge in [0.25, 0.3) is 0 Å². The minimum Gasteiger partial charge on any atom is -0.294 e. The number of benzene rings is 2. The van der Waals surface area contributed by atoms with Crippen LogP contribution in [0.3, 0.4) is 0 Å². The lowest BCUT2D eigenvalue weighted by Gasteiger charge is -2.22. The third-order valence-electron chi connectivity index (χ3n) is 4.65. The van der Waals surface area contributed by atoms with E-state index in [0.29, 0.717) is 24.3 Å². The Hall–Kier alpha value is -2.18. The van der Waals surface area contributed by atoms with Crippen molar-refractivity contribution in [3.63, 3.8) is 0 Å². The van der Waals surface area contributed by atoms with Crippen molar-refractivity contribution in [2.75, 3.05) is 17.8 Å². The van der Waals surface area contributed by atoms with Crippen LogP contribution in [0.5, 0.6) is 0 Å². The van der Waals surface area contributed by atoms with Gasteiger partial charge in [0.1, 0.15) is 0 Å². The van der Waals surface area contributed by atoms with Crippen molar-refractivity contribution in [2.24, 2.45) is 0 Å².